The SMILES string of the molecule is C1CCC(CNC2CC2)(CN2CCOCC2)CC1. The third kappa shape index (κ3) is 3.46. The van der Waals surface area contributed by atoms with Gasteiger partial charge in [-0.25, -0.2) is 0 Å². The molecule has 0 unspecified atom stereocenters. The lowest BCUT2D eigenvalue weighted by atomic mass is 9.73. The van der Waals surface area contributed by atoms with E-state index in [-0.39, 0.29) is 0 Å². The highest BCUT2D eigenvalue weighted by molar-refractivity contribution is 4.91. The Bertz CT molecular complexity index is 253. The Morgan fingerprint density at radius 3 is 2.44 bits per heavy atom. The summed E-state index contributed by atoms with van der Waals surface area (Å²) in [6.45, 7) is 6.72. The fraction of sp³-hybridized carbons (Fsp3) is 1.00. The van der Waals surface area contributed by atoms with Gasteiger partial charge in [0.25, 0.3) is 0 Å². The molecule has 3 nitrogen and oxygen atoms in total. The molecule has 0 amide bonds. The first kappa shape index (κ1) is 12.9. The van der Waals surface area contributed by atoms with E-state index >= 15 is 0 Å². The fourth-order valence-corrected chi connectivity index (χ4v) is 3.57. The molecule has 0 aromatic heterocycles. The van der Waals surface area contributed by atoms with Gasteiger partial charge in [-0.2, -0.15) is 0 Å². The molecule has 18 heavy (non-hydrogen) atoms. The van der Waals surface area contributed by atoms with Gasteiger partial charge in [0.15, 0.2) is 0 Å². The maximum absolute atomic E-state index is 5.47. The summed E-state index contributed by atoms with van der Waals surface area (Å²) in [4.78, 5) is 2.64. The van der Waals surface area contributed by atoms with Crippen molar-refractivity contribution < 1.29 is 4.74 Å². The molecule has 0 atom stereocenters. The zero-order valence-corrected chi connectivity index (χ0v) is 11.6. The monoisotopic (exact) mass is 252 g/mol. The second-order valence-corrected chi connectivity index (χ2v) is 6.60. The van der Waals surface area contributed by atoms with Gasteiger partial charge >= 0.3 is 0 Å². The van der Waals surface area contributed by atoms with Gasteiger partial charge in [-0.1, -0.05) is 19.3 Å². The predicted octanol–water partition coefficient (Wildman–Crippen LogP) is 2.02. The van der Waals surface area contributed by atoms with Gasteiger partial charge in [0.1, 0.15) is 0 Å². The fourth-order valence-electron chi connectivity index (χ4n) is 3.57. The summed E-state index contributed by atoms with van der Waals surface area (Å²) in [7, 11) is 0. The van der Waals surface area contributed by atoms with Crippen molar-refractivity contribution in [1.29, 1.82) is 0 Å². The summed E-state index contributed by atoms with van der Waals surface area (Å²) in [5, 5.41) is 3.80. The molecule has 1 N–H and O–H groups in total. The lowest BCUT2D eigenvalue weighted by molar-refractivity contribution is 0.00712. The molecule has 3 aliphatic rings. The van der Waals surface area contributed by atoms with Crippen LogP contribution in [0.4, 0.5) is 0 Å². The van der Waals surface area contributed by atoms with Crippen molar-refractivity contribution in [2.75, 3.05) is 39.4 Å². The summed E-state index contributed by atoms with van der Waals surface area (Å²) >= 11 is 0. The van der Waals surface area contributed by atoms with Crippen molar-refractivity contribution in [3.8, 4) is 0 Å². The summed E-state index contributed by atoms with van der Waals surface area (Å²) in [5.74, 6) is 0. The molecule has 0 spiro atoms. The lowest BCUT2D eigenvalue weighted by Gasteiger charge is -2.42. The number of morpholine rings is 1. The van der Waals surface area contributed by atoms with E-state index in [1.165, 1.54) is 58.0 Å². The van der Waals surface area contributed by atoms with Crippen LogP contribution in [0.3, 0.4) is 0 Å². The summed E-state index contributed by atoms with van der Waals surface area (Å²) < 4.78 is 5.47. The Morgan fingerprint density at radius 1 is 1.06 bits per heavy atom. The van der Waals surface area contributed by atoms with E-state index in [1.54, 1.807) is 0 Å². The molecule has 0 bridgehead atoms. The van der Waals surface area contributed by atoms with Crippen molar-refractivity contribution in [2.45, 2.75) is 51.0 Å². The maximum Gasteiger partial charge on any atom is 0.0594 e. The summed E-state index contributed by atoms with van der Waals surface area (Å²) in [5.41, 5.74) is 0.568. The van der Waals surface area contributed by atoms with Crippen LogP contribution < -0.4 is 5.32 Å². The van der Waals surface area contributed by atoms with Gasteiger partial charge in [-0.15, -0.1) is 0 Å². The third-order valence-corrected chi connectivity index (χ3v) is 4.92. The standard InChI is InChI=1S/C15H28N2O/c1-2-6-15(7-3-1,12-16-14-4-5-14)13-17-8-10-18-11-9-17/h14,16H,1-13H2. The van der Waals surface area contributed by atoms with E-state index in [0.717, 1.165) is 32.3 Å². The molecule has 3 rings (SSSR count). The average molecular weight is 252 g/mol. The maximum atomic E-state index is 5.47. The second-order valence-electron chi connectivity index (χ2n) is 6.60. The van der Waals surface area contributed by atoms with Crippen LogP contribution >= 0.6 is 0 Å². The Hall–Kier alpha value is -0.120. The highest BCUT2D eigenvalue weighted by atomic mass is 16.5. The van der Waals surface area contributed by atoms with Crippen molar-refractivity contribution in [1.82, 2.24) is 10.2 Å². The van der Waals surface area contributed by atoms with Crippen LogP contribution in [0, 0.1) is 5.41 Å². The molecule has 1 aliphatic heterocycles. The minimum Gasteiger partial charge on any atom is -0.379 e. The van der Waals surface area contributed by atoms with Crippen LogP contribution in [0.15, 0.2) is 0 Å². The normalized spacial score (nSPS) is 29.3. The quantitative estimate of drug-likeness (QED) is 0.810. The molecule has 104 valence electrons. The number of hydrogen-bond donors (Lipinski definition) is 1. The Kier molecular flexibility index (Phi) is 4.22. The van der Waals surface area contributed by atoms with Gasteiger partial charge in [0, 0.05) is 32.2 Å². The minimum atomic E-state index is 0.568. The third-order valence-electron chi connectivity index (χ3n) is 4.92. The van der Waals surface area contributed by atoms with E-state index in [2.05, 4.69) is 10.2 Å². The zero-order valence-electron chi connectivity index (χ0n) is 11.6. The largest absolute Gasteiger partial charge is 0.379 e. The highest BCUT2D eigenvalue weighted by Crippen LogP contribution is 2.37. The number of nitrogens with zero attached hydrogens (tertiary/aromatic N) is 1. The predicted molar refractivity (Wildman–Crippen MR) is 73.8 cm³/mol. The number of hydrogen-bond acceptors (Lipinski definition) is 3. The van der Waals surface area contributed by atoms with Gasteiger partial charge < -0.3 is 10.1 Å². The number of ether oxygens (including phenoxy) is 1. The number of rotatable bonds is 5. The van der Waals surface area contributed by atoms with Crippen LogP contribution in [0.25, 0.3) is 0 Å². The average Bonchev–Trinajstić information content (AvgIpc) is 3.23. The Balaban J connectivity index is 1.55. The molecule has 2 saturated carbocycles. The minimum absolute atomic E-state index is 0.568. The summed E-state index contributed by atoms with van der Waals surface area (Å²) in [6.07, 6.45) is 10.0. The van der Waals surface area contributed by atoms with Crippen molar-refractivity contribution in [3.63, 3.8) is 0 Å². The molecular weight excluding hydrogens is 224 g/mol. The zero-order chi connectivity index (χ0) is 12.3. The van der Waals surface area contributed by atoms with Crippen molar-refractivity contribution in [3.05, 3.63) is 0 Å². The van der Waals surface area contributed by atoms with Gasteiger partial charge in [-0.3, -0.25) is 4.90 Å². The van der Waals surface area contributed by atoms with Gasteiger partial charge in [-0.05, 0) is 31.1 Å². The molecule has 2 aliphatic carbocycles. The molecule has 0 aromatic carbocycles. The van der Waals surface area contributed by atoms with E-state index in [9.17, 15) is 0 Å². The van der Waals surface area contributed by atoms with Crippen LogP contribution in [-0.2, 0) is 4.74 Å². The first-order chi connectivity index (χ1) is 8.86. The van der Waals surface area contributed by atoms with Crippen molar-refractivity contribution in [2.24, 2.45) is 5.41 Å². The molecule has 0 radical (unpaired) electrons. The number of nitrogens with one attached hydrogen (secondary N) is 1. The van der Waals surface area contributed by atoms with Gasteiger partial charge in [0.05, 0.1) is 13.2 Å². The second kappa shape index (κ2) is 5.89. The lowest BCUT2D eigenvalue weighted by Crippen LogP contribution is -2.48. The smallest absolute Gasteiger partial charge is 0.0594 e. The molecular formula is C15H28N2O. The van der Waals surface area contributed by atoms with Crippen molar-refractivity contribution >= 4 is 0 Å². The molecule has 1 saturated heterocycles. The molecule has 3 fully saturated rings. The Morgan fingerprint density at radius 2 is 1.78 bits per heavy atom. The van der Waals surface area contributed by atoms with Crippen LogP contribution in [-0.4, -0.2) is 50.3 Å². The molecule has 1 heterocycles. The molecule has 0 aromatic rings. The van der Waals surface area contributed by atoms with Crippen LogP contribution in [0.1, 0.15) is 44.9 Å². The summed E-state index contributed by atoms with van der Waals surface area (Å²) in [6, 6.07) is 0.855. The molecule has 3 heteroatoms. The van der Waals surface area contributed by atoms with E-state index < -0.39 is 0 Å². The van der Waals surface area contributed by atoms with E-state index in [4.69, 9.17) is 4.74 Å². The van der Waals surface area contributed by atoms with Crippen LogP contribution in [0.2, 0.25) is 0 Å². The first-order valence-corrected chi connectivity index (χ1v) is 7.90. The Labute approximate surface area is 111 Å². The first-order valence-electron chi connectivity index (χ1n) is 7.90. The van der Waals surface area contributed by atoms with Gasteiger partial charge in [0.2, 0.25) is 0 Å². The van der Waals surface area contributed by atoms with E-state index in [1.807, 2.05) is 0 Å². The highest BCUT2D eigenvalue weighted by Gasteiger charge is 2.35. The van der Waals surface area contributed by atoms with Crippen LogP contribution in [0.5, 0.6) is 0 Å². The topological polar surface area (TPSA) is 24.5 Å². The van der Waals surface area contributed by atoms with E-state index in [0.29, 0.717) is 5.41 Å².